The van der Waals surface area contributed by atoms with E-state index in [0.717, 1.165) is 28.1 Å². The third-order valence-corrected chi connectivity index (χ3v) is 5.26. The zero-order valence-corrected chi connectivity index (χ0v) is 14.2. The van der Waals surface area contributed by atoms with Crippen LogP contribution in [0.2, 0.25) is 0 Å². The first-order valence-corrected chi connectivity index (χ1v) is 8.93. The molecule has 0 saturated carbocycles. The molecule has 1 atom stereocenters. The molecular weight excluding hydrogens is 335 g/mol. The van der Waals surface area contributed by atoms with Crippen LogP contribution in [-0.2, 0) is 6.54 Å². The van der Waals surface area contributed by atoms with Crippen molar-refractivity contribution in [3.05, 3.63) is 89.4 Å². The average molecular weight is 352 g/mol. The molecule has 1 aliphatic heterocycles. The van der Waals surface area contributed by atoms with Crippen molar-refractivity contribution in [2.24, 2.45) is 5.73 Å². The van der Waals surface area contributed by atoms with Crippen LogP contribution in [0, 0.1) is 5.82 Å². The van der Waals surface area contributed by atoms with Gasteiger partial charge in [-0.25, -0.2) is 4.39 Å². The molecule has 25 heavy (non-hydrogen) atoms. The summed E-state index contributed by atoms with van der Waals surface area (Å²) in [5.41, 5.74) is 10.1. The van der Waals surface area contributed by atoms with Crippen LogP contribution >= 0.6 is 11.8 Å². The SMILES string of the molecule is NCc1cc(-c2ccco2)ccc1N1C=CSC1c1ccc(F)cc1. The molecule has 3 aromatic rings. The number of hydrogen-bond donors (Lipinski definition) is 1. The standard InChI is InChI=1S/C20H17FN2OS/c21-17-6-3-14(4-7-17)20-23(9-11-25-20)18-8-5-15(12-16(18)13-22)19-2-1-10-24-19/h1-12,20H,13,22H2. The second-order valence-corrected chi connectivity index (χ2v) is 6.75. The molecule has 0 amide bonds. The molecule has 1 aromatic heterocycles. The molecule has 0 aliphatic carbocycles. The van der Waals surface area contributed by atoms with E-state index in [4.69, 9.17) is 10.2 Å². The van der Waals surface area contributed by atoms with Gasteiger partial charge in [0.2, 0.25) is 0 Å². The van der Waals surface area contributed by atoms with Gasteiger partial charge < -0.3 is 15.1 Å². The highest BCUT2D eigenvalue weighted by Crippen LogP contribution is 2.43. The van der Waals surface area contributed by atoms with Crippen molar-refractivity contribution in [2.75, 3.05) is 4.90 Å². The summed E-state index contributed by atoms with van der Waals surface area (Å²) in [6.07, 6.45) is 3.70. The van der Waals surface area contributed by atoms with Crippen molar-refractivity contribution in [3.8, 4) is 11.3 Å². The molecule has 2 aromatic carbocycles. The van der Waals surface area contributed by atoms with Gasteiger partial charge in [0, 0.05) is 24.0 Å². The lowest BCUT2D eigenvalue weighted by Crippen LogP contribution is -2.19. The first kappa shape index (κ1) is 16.0. The summed E-state index contributed by atoms with van der Waals surface area (Å²) in [5.74, 6) is 0.597. The molecule has 3 nitrogen and oxygen atoms in total. The number of nitrogens with zero attached hydrogens (tertiary/aromatic N) is 1. The predicted molar refractivity (Wildman–Crippen MR) is 100 cm³/mol. The number of halogens is 1. The first-order valence-electron chi connectivity index (χ1n) is 7.99. The predicted octanol–water partition coefficient (Wildman–Crippen LogP) is 5.27. The number of nitrogens with two attached hydrogens (primary N) is 1. The van der Waals surface area contributed by atoms with E-state index in [2.05, 4.69) is 22.4 Å². The maximum Gasteiger partial charge on any atom is 0.133 e. The summed E-state index contributed by atoms with van der Waals surface area (Å²) < 4.78 is 18.7. The molecule has 1 aliphatic rings. The summed E-state index contributed by atoms with van der Waals surface area (Å²) in [4.78, 5) is 2.17. The Hall–Kier alpha value is -2.50. The molecule has 0 fully saturated rings. The van der Waals surface area contributed by atoms with E-state index in [1.54, 1.807) is 18.0 Å². The number of benzene rings is 2. The van der Waals surface area contributed by atoms with Crippen LogP contribution in [0.25, 0.3) is 11.3 Å². The Morgan fingerprint density at radius 3 is 2.68 bits per heavy atom. The molecule has 4 rings (SSSR count). The van der Waals surface area contributed by atoms with Gasteiger partial charge in [-0.3, -0.25) is 0 Å². The Morgan fingerprint density at radius 1 is 1.12 bits per heavy atom. The van der Waals surface area contributed by atoms with Crippen molar-refractivity contribution >= 4 is 17.4 Å². The van der Waals surface area contributed by atoms with Gasteiger partial charge >= 0.3 is 0 Å². The van der Waals surface area contributed by atoms with E-state index in [1.807, 2.05) is 36.5 Å². The van der Waals surface area contributed by atoms with Crippen LogP contribution in [0.1, 0.15) is 16.5 Å². The van der Waals surface area contributed by atoms with Gasteiger partial charge in [-0.1, -0.05) is 12.1 Å². The van der Waals surface area contributed by atoms with E-state index in [1.165, 1.54) is 12.1 Å². The van der Waals surface area contributed by atoms with Crippen molar-refractivity contribution in [3.63, 3.8) is 0 Å². The third-order valence-electron chi connectivity index (χ3n) is 4.22. The molecule has 2 N–H and O–H groups in total. The van der Waals surface area contributed by atoms with E-state index >= 15 is 0 Å². The van der Waals surface area contributed by atoms with E-state index < -0.39 is 0 Å². The number of furan rings is 1. The minimum absolute atomic E-state index is 0.0698. The third kappa shape index (κ3) is 3.08. The fourth-order valence-electron chi connectivity index (χ4n) is 2.99. The number of thioether (sulfide) groups is 1. The Morgan fingerprint density at radius 2 is 1.96 bits per heavy atom. The second-order valence-electron chi connectivity index (χ2n) is 5.76. The van der Waals surface area contributed by atoms with E-state index in [9.17, 15) is 4.39 Å². The average Bonchev–Trinajstić information content (AvgIpc) is 3.34. The molecule has 2 heterocycles. The highest BCUT2D eigenvalue weighted by atomic mass is 32.2. The van der Waals surface area contributed by atoms with Crippen LogP contribution in [0.15, 0.2) is 76.9 Å². The van der Waals surface area contributed by atoms with Gasteiger partial charge in [-0.2, -0.15) is 0 Å². The van der Waals surface area contributed by atoms with Crippen LogP contribution in [0.4, 0.5) is 10.1 Å². The number of anilines is 1. The molecule has 0 radical (unpaired) electrons. The highest BCUT2D eigenvalue weighted by Gasteiger charge is 2.25. The topological polar surface area (TPSA) is 42.4 Å². The van der Waals surface area contributed by atoms with Gasteiger partial charge in [0.1, 0.15) is 17.0 Å². The lowest BCUT2D eigenvalue weighted by Gasteiger charge is -2.27. The molecule has 126 valence electrons. The second kappa shape index (κ2) is 6.78. The summed E-state index contributed by atoms with van der Waals surface area (Å²) in [6.45, 7) is 0.426. The normalized spacial score (nSPS) is 16.6. The fraction of sp³-hybridized carbons (Fsp3) is 0.100. The van der Waals surface area contributed by atoms with Gasteiger partial charge in [0.15, 0.2) is 0 Å². The Labute approximate surface area is 149 Å². The zero-order chi connectivity index (χ0) is 17.2. The van der Waals surface area contributed by atoms with Gasteiger partial charge in [0.25, 0.3) is 0 Å². The smallest absolute Gasteiger partial charge is 0.133 e. The highest BCUT2D eigenvalue weighted by molar-refractivity contribution is 8.02. The largest absolute Gasteiger partial charge is 0.464 e. The number of rotatable bonds is 4. The van der Waals surface area contributed by atoms with Gasteiger partial charge in [-0.15, -0.1) is 11.8 Å². The zero-order valence-electron chi connectivity index (χ0n) is 13.4. The Kier molecular flexibility index (Phi) is 4.34. The number of hydrogen-bond acceptors (Lipinski definition) is 4. The minimum atomic E-state index is -0.225. The van der Waals surface area contributed by atoms with Crippen LogP contribution in [0.5, 0.6) is 0 Å². The molecule has 0 spiro atoms. The molecule has 5 heteroatoms. The quantitative estimate of drug-likeness (QED) is 0.695. The van der Waals surface area contributed by atoms with Crippen LogP contribution in [-0.4, -0.2) is 0 Å². The first-order chi connectivity index (χ1) is 12.3. The van der Waals surface area contributed by atoms with E-state index in [0.29, 0.717) is 6.54 Å². The lowest BCUT2D eigenvalue weighted by molar-refractivity contribution is 0.582. The molecule has 0 bridgehead atoms. The molecule has 0 saturated heterocycles. The fourth-order valence-corrected chi connectivity index (χ4v) is 3.97. The molecular formula is C20H17FN2OS. The van der Waals surface area contributed by atoms with Gasteiger partial charge in [0.05, 0.1) is 6.26 Å². The van der Waals surface area contributed by atoms with Gasteiger partial charge in [-0.05, 0) is 59.0 Å². The van der Waals surface area contributed by atoms with E-state index in [-0.39, 0.29) is 11.2 Å². The van der Waals surface area contributed by atoms with Crippen molar-refractivity contribution < 1.29 is 8.81 Å². The van der Waals surface area contributed by atoms with Crippen molar-refractivity contribution in [1.29, 1.82) is 0 Å². The lowest BCUT2D eigenvalue weighted by atomic mass is 10.1. The maximum absolute atomic E-state index is 13.2. The van der Waals surface area contributed by atoms with Crippen LogP contribution in [0.3, 0.4) is 0 Å². The minimum Gasteiger partial charge on any atom is -0.464 e. The van der Waals surface area contributed by atoms with Crippen molar-refractivity contribution in [1.82, 2.24) is 0 Å². The maximum atomic E-state index is 13.2. The Bertz CT molecular complexity index is 891. The summed E-state index contributed by atoms with van der Waals surface area (Å²) in [7, 11) is 0. The molecule has 1 unspecified atom stereocenters. The summed E-state index contributed by atoms with van der Waals surface area (Å²) >= 11 is 1.69. The summed E-state index contributed by atoms with van der Waals surface area (Å²) in [5, 5.41) is 2.12. The monoisotopic (exact) mass is 352 g/mol. The van der Waals surface area contributed by atoms with Crippen molar-refractivity contribution in [2.45, 2.75) is 11.9 Å². The summed E-state index contributed by atoms with van der Waals surface area (Å²) in [6, 6.07) is 16.6. The van der Waals surface area contributed by atoms with Crippen LogP contribution < -0.4 is 10.6 Å². The Balaban J connectivity index is 1.70.